The molecule has 0 atom stereocenters. The van der Waals surface area contributed by atoms with Gasteiger partial charge in [-0.15, -0.1) is 0 Å². The Morgan fingerprint density at radius 2 is 2.00 bits per heavy atom. The molecular formula is C16H25N3O5S. The van der Waals surface area contributed by atoms with E-state index in [0.717, 1.165) is 18.9 Å². The first-order valence-electron chi connectivity index (χ1n) is 8.46. The number of anilines is 1. The van der Waals surface area contributed by atoms with Crippen LogP contribution in [0.5, 0.6) is 0 Å². The van der Waals surface area contributed by atoms with E-state index >= 15 is 0 Å². The maximum absolute atomic E-state index is 12.5. The Morgan fingerprint density at radius 1 is 1.32 bits per heavy atom. The van der Waals surface area contributed by atoms with E-state index in [4.69, 9.17) is 4.74 Å². The largest absolute Gasteiger partial charge is 0.379 e. The van der Waals surface area contributed by atoms with Gasteiger partial charge in [0.05, 0.1) is 15.9 Å². The van der Waals surface area contributed by atoms with E-state index in [1.54, 1.807) is 0 Å². The molecule has 2 rings (SSSR count). The summed E-state index contributed by atoms with van der Waals surface area (Å²) >= 11 is 0. The van der Waals surface area contributed by atoms with Gasteiger partial charge in [0.2, 0.25) is 10.0 Å². The lowest BCUT2D eigenvalue weighted by Crippen LogP contribution is -2.27. The zero-order valence-electron chi connectivity index (χ0n) is 14.6. The summed E-state index contributed by atoms with van der Waals surface area (Å²) in [4.78, 5) is 10.7. The Hall–Kier alpha value is -1.71. The van der Waals surface area contributed by atoms with Gasteiger partial charge in [0.1, 0.15) is 5.69 Å². The molecule has 8 nitrogen and oxygen atoms in total. The molecule has 9 heteroatoms. The van der Waals surface area contributed by atoms with Crippen LogP contribution < -0.4 is 5.32 Å². The quantitative estimate of drug-likeness (QED) is 0.407. The van der Waals surface area contributed by atoms with Crippen LogP contribution in [0, 0.1) is 10.1 Å². The molecule has 0 amide bonds. The summed E-state index contributed by atoms with van der Waals surface area (Å²) in [5.74, 6) is 0. The summed E-state index contributed by atoms with van der Waals surface area (Å²) in [6, 6.07) is 4.03. The van der Waals surface area contributed by atoms with Crippen LogP contribution in [-0.4, -0.2) is 50.0 Å². The SMILES string of the molecule is CC(C)OCCCNc1ccc(S(=O)(=O)N2CCCC2)cc1[N+](=O)[O-]. The van der Waals surface area contributed by atoms with Crippen LogP contribution >= 0.6 is 0 Å². The van der Waals surface area contributed by atoms with Gasteiger partial charge < -0.3 is 10.1 Å². The number of ether oxygens (including phenoxy) is 1. The van der Waals surface area contributed by atoms with Crippen LogP contribution in [-0.2, 0) is 14.8 Å². The van der Waals surface area contributed by atoms with Crippen molar-refractivity contribution in [1.29, 1.82) is 0 Å². The van der Waals surface area contributed by atoms with Crippen LogP contribution in [0.4, 0.5) is 11.4 Å². The first-order chi connectivity index (χ1) is 11.8. The number of hydrogen-bond donors (Lipinski definition) is 1. The molecule has 0 spiro atoms. The van der Waals surface area contributed by atoms with Gasteiger partial charge in [-0.25, -0.2) is 8.42 Å². The summed E-state index contributed by atoms with van der Waals surface area (Å²) in [6.45, 7) is 5.87. The predicted octanol–water partition coefficient (Wildman–Crippen LogP) is 2.61. The Bertz CT molecular complexity index is 700. The Balaban J connectivity index is 2.10. The second kappa shape index (κ2) is 8.59. The molecule has 0 aliphatic carbocycles. The van der Waals surface area contributed by atoms with E-state index in [9.17, 15) is 18.5 Å². The zero-order valence-corrected chi connectivity index (χ0v) is 15.4. The number of nitro benzene ring substituents is 1. The Labute approximate surface area is 148 Å². The van der Waals surface area contributed by atoms with Gasteiger partial charge in [-0.2, -0.15) is 4.31 Å². The lowest BCUT2D eigenvalue weighted by molar-refractivity contribution is -0.384. The van der Waals surface area contributed by atoms with Crippen molar-refractivity contribution in [3.63, 3.8) is 0 Å². The molecule has 1 heterocycles. The highest BCUT2D eigenvalue weighted by Gasteiger charge is 2.29. The summed E-state index contributed by atoms with van der Waals surface area (Å²) in [5, 5.41) is 14.3. The molecule has 1 N–H and O–H groups in total. The van der Waals surface area contributed by atoms with Gasteiger partial charge in [-0.3, -0.25) is 10.1 Å². The van der Waals surface area contributed by atoms with Crippen LogP contribution in [0.25, 0.3) is 0 Å². The summed E-state index contributed by atoms with van der Waals surface area (Å²) in [5.41, 5.74) is 0.0833. The van der Waals surface area contributed by atoms with Gasteiger partial charge >= 0.3 is 0 Å². The highest BCUT2D eigenvalue weighted by atomic mass is 32.2. The average molecular weight is 371 g/mol. The summed E-state index contributed by atoms with van der Waals surface area (Å²) in [6.07, 6.45) is 2.48. The number of hydrogen-bond acceptors (Lipinski definition) is 6. The molecule has 1 aliphatic heterocycles. The van der Waals surface area contributed by atoms with Crippen molar-refractivity contribution < 1.29 is 18.1 Å². The monoisotopic (exact) mass is 371 g/mol. The van der Waals surface area contributed by atoms with Gasteiger partial charge in [0, 0.05) is 32.3 Å². The molecule has 0 bridgehead atoms. The lowest BCUT2D eigenvalue weighted by atomic mass is 10.2. The maximum atomic E-state index is 12.5. The second-order valence-electron chi connectivity index (χ2n) is 6.25. The van der Waals surface area contributed by atoms with Gasteiger partial charge in [0.15, 0.2) is 0 Å². The summed E-state index contributed by atoms with van der Waals surface area (Å²) in [7, 11) is -3.67. The normalized spacial score (nSPS) is 15.6. The fourth-order valence-electron chi connectivity index (χ4n) is 2.66. The van der Waals surface area contributed by atoms with Crippen molar-refractivity contribution in [2.45, 2.75) is 44.1 Å². The highest BCUT2D eigenvalue weighted by molar-refractivity contribution is 7.89. The van der Waals surface area contributed by atoms with Crippen molar-refractivity contribution >= 4 is 21.4 Å². The third-order valence-corrected chi connectivity index (χ3v) is 5.85. The average Bonchev–Trinajstić information content (AvgIpc) is 3.09. The van der Waals surface area contributed by atoms with Gasteiger partial charge in [-0.1, -0.05) is 0 Å². The standard InChI is InChI=1S/C16H25N3O5S/c1-13(2)24-11-5-8-17-15-7-6-14(12-16(15)19(20)21)25(22,23)18-9-3-4-10-18/h6-7,12-13,17H,3-5,8-11H2,1-2H3. The summed E-state index contributed by atoms with van der Waals surface area (Å²) < 4.78 is 31.9. The highest BCUT2D eigenvalue weighted by Crippen LogP contribution is 2.30. The molecule has 1 aromatic rings. The topological polar surface area (TPSA) is 102 Å². The minimum absolute atomic E-state index is 0.0326. The predicted molar refractivity (Wildman–Crippen MR) is 95.3 cm³/mol. The van der Waals surface area contributed by atoms with Crippen molar-refractivity contribution in [2.24, 2.45) is 0 Å². The Morgan fingerprint density at radius 3 is 2.60 bits per heavy atom. The molecule has 0 radical (unpaired) electrons. The number of nitrogens with zero attached hydrogens (tertiary/aromatic N) is 2. The third kappa shape index (κ3) is 5.13. The van der Waals surface area contributed by atoms with Gasteiger partial charge in [-0.05, 0) is 45.2 Å². The number of nitrogens with one attached hydrogen (secondary N) is 1. The molecule has 140 valence electrons. The van der Waals surface area contributed by atoms with E-state index in [1.165, 1.54) is 16.4 Å². The molecule has 0 saturated carbocycles. The Kier molecular flexibility index (Phi) is 6.74. The maximum Gasteiger partial charge on any atom is 0.293 e. The van der Waals surface area contributed by atoms with Crippen molar-refractivity contribution in [1.82, 2.24) is 4.31 Å². The minimum Gasteiger partial charge on any atom is -0.379 e. The third-order valence-electron chi connectivity index (χ3n) is 3.96. The molecule has 1 aliphatic rings. The number of nitro groups is 1. The molecule has 1 aromatic carbocycles. The molecule has 0 aromatic heterocycles. The van der Waals surface area contributed by atoms with E-state index in [0.29, 0.717) is 38.3 Å². The van der Waals surface area contributed by atoms with Crippen molar-refractivity contribution in [2.75, 3.05) is 31.6 Å². The zero-order chi connectivity index (χ0) is 18.4. The number of rotatable bonds is 9. The molecule has 1 fully saturated rings. The van der Waals surface area contributed by atoms with Crippen LogP contribution in [0.3, 0.4) is 0 Å². The van der Waals surface area contributed by atoms with Crippen molar-refractivity contribution in [3.05, 3.63) is 28.3 Å². The van der Waals surface area contributed by atoms with E-state index in [2.05, 4.69) is 5.32 Å². The van der Waals surface area contributed by atoms with Crippen LogP contribution in [0.1, 0.15) is 33.1 Å². The second-order valence-corrected chi connectivity index (χ2v) is 8.19. The number of sulfonamides is 1. The molecule has 0 unspecified atom stereocenters. The number of benzene rings is 1. The molecule has 1 saturated heterocycles. The van der Waals surface area contributed by atoms with Crippen LogP contribution in [0.2, 0.25) is 0 Å². The first-order valence-corrected chi connectivity index (χ1v) is 9.90. The lowest BCUT2D eigenvalue weighted by Gasteiger charge is -2.16. The smallest absolute Gasteiger partial charge is 0.293 e. The fourth-order valence-corrected chi connectivity index (χ4v) is 4.20. The fraction of sp³-hybridized carbons (Fsp3) is 0.625. The van der Waals surface area contributed by atoms with Crippen LogP contribution in [0.15, 0.2) is 23.1 Å². The van der Waals surface area contributed by atoms with Crippen molar-refractivity contribution in [3.8, 4) is 0 Å². The minimum atomic E-state index is -3.67. The first kappa shape index (κ1) is 19.6. The van der Waals surface area contributed by atoms with Gasteiger partial charge in [0.25, 0.3) is 5.69 Å². The molecule has 25 heavy (non-hydrogen) atoms. The van der Waals surface area contributed by atoms with E-state index in [1.807, 2.05) is 13.8 Å². The molecular weight excluding hydrogens is 346 g/mol. The van der Waals surface area contributed by atoms with E-state index in [-0.39, 0.29) is 16.7 Å². The van der Waals surface area contributed by atoms with E-state index < -0.39 is 14.9 Å².